The quantitative estimate of drug-likeness (QED) is 0.801. The summed E-state index contributed by atoms with van der Waals surface area (Å²) in [6.07, 6.45) is 6.85. The van der Waals surface area contributed by atoms with Crippen LogP contribution in [-0.2, 0) is 0 Å². The molecule has 1 aliphatic heterocycles. The van der Waals surface area contributed by atoms with Crippen molar-refractivity contribution in [2.45, 2.75) is 58.9 Å². The highest BCUT2D eigenvalue weighted by Gasteiger charge is 2.35. The molecule has 2 aliphatic rings. The van der Waals surface area contributed by atoms with Crippen LogP contribution in [0.4, 0.5) is 0 Å². The fourth-order valence-corrected chi connectivity index (χ4v) is 4.13. The van der Waals surface area contributed by atoms with E-state index in [2.05, 4.69) is 25.7 Å². The highest BCUT2D eigenvalue weighted by molar-refractivity contribution is 4.89. The van der Waals surface area contributed by atoms with Gasteiger partial charge in [0.1, 0.15) is 0 Å². The van der Waals surface area contributed by atoms with Crippen molar-refractivity contribution in [1.29, 1.82) is 0 Å². The van der Waals surface area contributed by atoms with Crippen LogP contribution in [0.15, 0.2) is 0 Å². The molecule has 2 atom stereocenters. The fourth-order valence-electron chi connectivity index (χ4n) is 4.13. The maximum Gasteiger partial charge on any atom is 0.0103 e. The SMILES string of the molecule is C[C@H]1C[C@@H](N2CCC(CN)CC2)CC(C)(C)C1. The van der Waals surface area contributed by atoms with E-state index in [1.807, 2.05) is 0 Å². The van der Waals surface area contributed by atoms with Gasteiger partial charge in [0.25, 0.3) is 0 Å². The summed E-state index contributed by atoms with van der Waals surface area (Å²) in [7, 11) is 0. The van der Waals surface area contributed by atoms with E-state index < -0.39 is 0 Å². The lowest BCUT2D eigenvalue weighted by Crippen LogP contribution is -2.47. The number of nitrogens with two attached hydrogens (primary N) is 1. The molecule has 0 aromatic rings. The van der Waals surface area contributed by atoms with E-state index in [0.717, 1.165) is 24.4 Å². The normalized spacial score (nSPS) is 36.0. The van der Waals surface area contributed by atoms with Gasteiger partial charge in [0.2, 0.25) is 0 Å². The van der Waals surface area contributed by atoms with Crippen LogP contribution in [0.2, 0.25) is 0 Å². The topological polar surface area (TPSA) is 29.3 Å². The minimum atomic E-state index is 0.549. The number of nitrogens with zero attached hydrogens (tertiary/aromatic N) is 1. The van der Waals surface area contributed by atoms with E-state index in [9.17, 15) is 0 Å². The second-order valence-corrected chi connectivity index (χ2v) is 7.28. The first-order valence-electron chi connectivity index (χ1n) is 7.44. The van der Waals surface area contributed by atoms with Gasteiger partial charge in [-0.15, -0.1) is 0 Å². The van der Waals surface area contributed by atoms with Crippen molar-refractivity contribution in [3.8, 4) is 0 Å². The molecule has 0 aromatic carbocycles. The van der Waals surface area contributed by atoms with Crippen molar-refractivity contribution in [2.24, 2.45) is 23.0 Å². The summed E-state index contributed by atoms with van der Waals surface area (Å²) >= 11 is 0. The van der Waals surface area contributed by atoms with Gasteiger partial charge in [0, 0.05) is 6.04 Å². The van der Waals surface area contributed by atoms with Gasteiger partial charge in [0.15, 0.2) is 0 Å². The maximum atomic E-state index is 5.77. The van der Waals surface area contributed by atoms with Gasteiger partial charge in [0.05, 0.1) is 0 Å². The number of piperidine rings is 1. The predicted octanol–water partition coefficient (Wildman–Crippen LogP) is 2.87. The number of hydrogen-bond donors (Lipinski definition) is 1. The first-order valence-corrected chi connectivity index (χ1v) is 7.44. The molecule has 1 aliphatic carbocycles. The fraction of sp³-hybridized carbons (Fsp3) is 1.00. The third-order valence-electron chi connectivity index (χ3n) is 4.86. The van der Waals surface area contributed by atoms with Gasteiger partial charge in [-0.25, -0.2) is 0 Å². The van der Waals surface area contributed by atoms with Crippen LogP contribution in [0, 0.1) is 17.3 Å². The van der Waals surface area contributed by atoms with E-state index in [4.69, 9.17) is 5.73 Å². The van der Waals surface area contributed by atoms with Crippen molar-refractivity contribution in [2.75, 3.05) is 19.6 Å². The zero-order chi connectivity index (χ0) is 12.5. The van der Waals surface area contributed by atoms with Gasteiger partial charge in [-0.2, -0.15) is 0 Å². The molecule has 100 valence electrons. The lowest BCUT2D eigenvalue weighted by Gasteiger charge is -2.46. The largest absolute Gasteiger partial charge is 0.330 e. The van der Waals surface area contributed by atoms with Gasteiger partial charge in [-0.1, -0.05) is 20.8 Å². The van der Waals surface area contributed by atoms with E-state index in [1.165, 1.54) is 45.2 Å². The maximum absolute atomic E-state index is 5.77. The van der Waals surface area contributed by atoms with Crippen LogP contribution in [0.3, 0.4) is 0 Å². The van der Waals surface area contributed by atoms with Gasteiger partial charge < -0.3 is 10.6 Å². The first-order chi connectivity index (χ1) is 8.00. The second kappa shape index (κ2) is 5.27. The average molecular weight is 238 g/mol. The standard InChI is InChI=1S/C15H30N2/c1-12-8-14(10-15(2,3)9-12)17-6-4-13(11-16)5-7-17/h12-14H,4-11,16H2,1-3H3/t12-,14+/m0/s1. The van der Waals surface area contributed by atoms with Crippen molar-refractivity contribution in [3.05, 3.63) is 0 Å². The van der Waals surface area contributed by atoms with E-state index in [-0.39, 0.29) is 0 Å². The van der Waals surface area contributed by atoms with Crippen LogP contribution in [-0.4, -0.2) is 30.6 Å². The Hall–Kier alpha value is -0.0800. The molecular weight excluding hydrogens is 208 g/mol. The Labute approximate surface area is 107 Å². The van der Waals surface area contributed by atoms with Gasteiger partial charge >= 0.3 is 0 Å². The van der Waals surface area contributed by atoms with Crippen molar-refractivity contribution < 1.29 is 0 Å². The molecule has 2 fully saturated rings. The molecular formula is C15H30N2. The smallest absolute Gasteiger partial charge is 0.0103 e. The molecule has 0 unspecified atom stereocenters. The first kappa shape index (κ1) is 13.4. The minimum absolute atomic E-state index is 0.549. The summed E-state index contributed by atoms with van der Waals surface area (Å²) in [5.41, 5.74) is 6.32. The summed E-state index contributed by atoms with van der Waals surface area (Å²) in [5.74, 6) is 1.69. The third kappa shape index (κ3) is 3.45. The molecule has 0 spiro atoms. The molecule has 17 heavy (non-hydrogen) atoms. The van der Waals surface area contributed by atoms with Crippen LogP contribution >= 0.6 is 0 Å². The Kier molecular flexibility index (Phi) is 4.14. The monoisotopic (exact) mass is 238 g/mol. The van der Waals surface area contributed by atoms with Crippen LogP contribution in [0.1, 0.15) is 52.9 Å². The summed E-state index contributed by atoms with van der Waals surface area (Å²) in [6.45, 7) is 10.8. The van der Waals surface area contributed by atoms with Crippen LogP contribution in [0.5, 0.6) is 0 Å². The highest BCUT2D eigenvalue weighted by Crippen LogP contribution is 2.41. The Balaban J connectivity index is 1.90. The van der Waals surface area contributed by atoms with E-state index in [0.29, 0.717) is 5.41 Å². The minimum Gasteiger partial charge on any atom is -0.330 e. The Morgan fingerprint density at radius 1 is 1.18 bits per heavy atom. The Morgan fingerprint density at radius 2 is 1.82 bits per heavy atom. The van der Waals surface area contributed by atoms with E-state index in [1.54, 1.807) is 0 Å². The zero-order valence-electron chi connectivity index (χ0n) is 11.9. The molecule has 1 saturated carbocycles. The van der Waals surface area contributed by atoms with Crippen molar-refractivity contribution in [3.63, 3.8) is 0 Å². The molecule has 2 N–H and O–H groups in total. The molecule has 2 rings (SSSR count). The number of hydrogen-bond acceptors (Lipinski definition) is 2. The molecule has 2 heteroatoms. The molecule has 0 amide bonds. The number of likely N-dealkylation sites (tertiary alicyclic amines) is 1. The Morgan fingerprint density at radius 3 is 2.35 bits per heavy atom. The van der Waals surface area contributed by atoms with Gasteiger partial charge in [-0.3, -0.25) is 0 Å². The number of rotatable bonds is 2. The van der Waals surface area contributed by atoms with Crippen LogP contribution < -0.4 is 5.73 Å². The lowest BCUT2D eigenvalue weighted by molar-refractivity contribution is 0.0453. The lowest BCUT2D eigenvalue weighted by atomic mass is 9.70. The van der Waals surface area contributed by atoms with Gasteiger partial charge in [-0.05, 0) is 69.0 Å². The van der Waals surface area contributed by atoms with E-state index >= 15 is 0 Å². The summed E-state index contributed by atoms with van der Waals surface area (Å²) in [4.78, 5) is 2.75. The Bertz CT molecular complexity index is 241. The molecule has 1 saturated heterocycles. The molecule has 0 radical (unpaired) electrons. The second-order valence-electron chi connectivity index (χ2n) is 7.28. The summed E-state index contributed by atoms with van der Waals surface area (Å²) < 4.78 is 0. The average Bonchev–Trinajstić information content (AvgIpc) is 2.26. The molecule has 0 aromatic heterocycles. The summed E-state index contributed by atoms with van der Waals surface area (Å²) in [6, 6.07) is 0.840. The molecule has 0 bridgehead atoms. The molecule has 1 heterocycles. The zero-order valence-corrected chi connectivity index (χ0v) is 11.9. The molecule has 2 nitrogen and oxygen atoms in total. The van der Waals surface area contributed by atoms with Crippen LogP contribution in [0.25, 0.3) is 0 Å². The summed E-state index contributed by atoms with van der Waals surface area (Å²) in [5, 5.41) is 0. The predicted molar refractivity (Wildman–Crippen MR) is 73.9 cm³/mol. The third-order valence-corrected chi connectivity index (χ3v) is 4.86. The van der Waals surface area contributed by atoms with Crippen molar-refractivity contribution >= 4 is 0 Å². The van der Waals surface area contributed by atoms with Crippen molar-refractivity contribution in [1.82, 2.24) is 4.90 Å². The highest BCUT2D eigenvalue weighted by atomic mass is 15.2.